The number of nitrogens with one attached hydrogen (secondary N) is 3. The molecule has 1 heterocycles. The Labute approximate surface area is 181 Å². The highest BCUT2D eigenvalue weighted by molar-refractivity contribution is 7.89. The van der Waals surface area contributed by atoms with Crippen molar-refractivity contribution in [2.45, 2.75) is 37.8 Å². The molecule has 1 aliphatic heterocycles. The van der Waals surface area contributed by atoms with Crippen molar-refractivity contribution in [1.29, 1.82) is 0 Å². The van der Waals surface area contributed by atoms with E-state index in [2.05, 4.69) is 15.4 Å². The molecule has 166 valence electrons. The molecule has 2 atom stereocenters. The van der Waals surface area contributed by atoms with Gasteiger partial charge in [0.25, 0.3) is 0 Å². The second-order valence-corrected chi connectivity index (χ2v) is 8.90. The minimum atomic E-state index is -3.92. The summed E-state index contributed by atoms with van der Waals surface area (Å²) in [6, 6.07) is 9.70. The number of rotatable bonds is 7. The third-order valence-electron chi connectivity index (χ3n) is 4.64. The number of hydrogen-bond acceptors (Lipinski definition) is 6. The van der Waals surface area contributed by atoms with Gasteiger partial charge in [0.1, 0.15) is 13.2 Å². The average Bonchev–Trinajstić information content (AvgIpc) is 2.73. The van der Waals surface area contributed by atoms with Crippen molar-refractivity contribution in [1.82, 2.24) is 10.0 Å². The topological polar surface area (TPSA) is 123 Å². The number of sulfonamides is 1. The van der Waals surface area contributed by atoms with Crippen LogP contribution in [0.5, 0.6) is 11.5 Å². The van der Waals surface area contributed by atoms with Gasteiger partial charge in [0, 0.05) is 12.6 Å². The van der Waals surface area contributed by atoms with Gasteiger partial charge in [-0.1, -0.05) is 6.07 Å². The molecule has 0 aromatic heterocycles. The fraction of sp³-hybridized carbons (Fsp3) is 0.333. The fourth-order valence-electron chi connectivity index (χ4n) is 3.03. The number of benzene rings is 2. The summed E-state index contributed by atoms with van der Waals surface area (Å²) in [5.74, 6) is 0.535. The molecule has 2 amide bonds. The summed E-state index contributed by atoms with van der Waals surface area (Å²) in [5, 5.41) is 5.36. The molecule has 0 bridgehead atoms. The molecule has 0 aliphatic carbocycles. The third kappa shape index (κ3) is 5.74. The molecule has 1 aliphatic rings. The lowest BCUT2D eigenvalue weighted by molar-refractivity contribution is -0.123. The average molecular weight is 448 g/mol. The van der Waals surface area contributed by atoms with Gasteiger partial charge in [0.15, 0.2) is 11.5 Å². The summed E-state index contributed by atoms with van der Waals surface area (Å²) in [6.07, 6.45) is 0. The number of fused-ring (bicyclic) bond motifs is 1. The van der Waals surface area contributed by atoms with Gasteiger partial charge in [-0.2, -0.15) is 4.72 Å². The zero-order valence-electron chi connectivity index (χ0n) is 17.5. The van der Waals surface area contributed by atoms with Gasteiger partial charge in [0.2, 0.25) is 21.8 Å². The van der Waals surface area contributed by atoms with Gasteiger partial charge in [-0.05, 0) is 55.8 Å². The molecule has 0 fully saturated rings. The Morgan fingerprint density at radius 1 is 0.968 bits per heavy atom. The summed E-state index contributed by atoms with van der Waals surface area (Å²) >= 11 is 0. The maximum absolute atomic E-state index is 12.6. The van der Waals surface area contributed by atoms with Crippen LogP contribution in [0, 0.1) is 0 Å². The van der Waals surface area contributed by atoms with E-state index in [1.165, 1.54) is 38.1 Å². The van der Waals surface area contributed by atoms with E-state index < -0.39 is 22.0 Å². The maximum atomic E-state index is 12.6. The Morgan fingerprint density at radius 2 is 1.61 bits per heavy atom. The van der Waals surface area contributed by atoms with Crippen molar-refractivity contribution in [2.75, 3.05) is 18.5 Å². The maximum Gasteiger partial charge on any atom is 0.241 e. The van der Waals surface area contributed by atoms with Gasteiger partial charge < -0.3 is 20.1 Å². The van der Waals surface area contributed by atoms with Crippen molar-refractivity contribution in [3.63, 3.8) is 0 Å². The number of carbonyl (C=O) groups is 2. The fourth-order valence-corrected chi connectivity index (χ4v) is 4.23. The zero-order chi connectivity index (χ0) is 22.6. The van der Waals surface area contributed by atoms with E-state index in [-0.39, 0.29) is 16.8 Å². The van der Waals surface area contributed by atoms with Gasteiger partial charge in [-0.25, -0.2) is 8.42 Å². The Balaban J connectivity index is 1.62. The SMILES string of the molecule is CC(=O)Nc1ccc(S(=O)(=O)NC(C)C(=O)NC(C)c2ccc3c(c2)OCCO3)cc1. The number of amides is 2. The van der Waals surface area contributed by atoms with Crippen molar-refractivity contribution < 1.29 is 27.5 Å². The molecule has 31 heavy (non-hydrogen) atoms. The number of hydrogen-bond donors (Lipinski definition) is 3. The van der Waals surface area contributed by atoms with Gasteiger partial charge in [-0.3, -0.25) is 9.59 Å². The van der Waals surface area contributed by atoms with Crippen LogP contribution in [0.15, 0.2) is 47.4 Å². The summed E-state index contributed by atoms with van der Waals surface area (Å²) < 4.78 is 38.6. The molecule has 0 radical (unpaired) electrons. The highest BCUT2D eigenvalue weighted by Gasteiger charge is 2.24. The molecule has 0 spiro atoms. The van der Waals surface area contributed by atoms with Gasteiger partial charge in [0.05, 0.1) is 17.0 Å². The molecular formula is C21H25N3O6S. The summed E-state index contributed by atoms with van der Waals surface area (Å²) in [6.45, 7) is 5.58. The van der Waals surface area contributed by atoms with Crippen LogP contribution in [0.4, 0.5) is 5.69 Å². The molecule has 0 saturated carbocycles. The van der Waals surface area contributed by atoms with Crippen LogP contribution >= 0.6 is 0 Å². The third-order valence-corrected chi connectivity index (χ3v) is 6.19. The van der Waals surface area contributed by atoms with E-state index in [0.717, 1.165) is 5.56 Å². The minimum Gasteiger partial charge on any atom is -0.486 e. The summed E-state index contributed by atoms with van der Waals surface area (Å²) in [5.41, 5.74) is 1.28. The monoisotopic (exact) mass is 447 g/mol. The number of anilines is 1. The van der Waals surface area contributed by atoms with E-state index >= 15 is 0 Å². The predicted octanol–water partition coefficient (Wildman–Crippen LogP) is 1.96. The lowest BCUT2D eigenvalue weighted by Crippen LogP contribution is -2.45. The second kappa shape index (κ2) is 9.36. The van der Waals surface area contributed by atoms with Crippen LogP contribution < -0.4 is 24.8 Å². The highest BCUT2D eigenvalue weighted by atomic mass is 32.2. The van der Waals surface area contributed by atoms with E-state index in [1.54, 1.807) is 19.1 Å². The summed E-state index contributed by atoms with van der Waals surface area (Å²) in [7, 11) is -3.92. The summed E-state index contributed by atoms with van der Waals surface area (Å²) in [4.78, 5) is 23.6. The molecule has 0 saturated heterocycles. The Kier molecular flexibility index (Phi) is 6.81. The van der Waals surface area contributed by atoms with E-state index in [1.807, 2.05) is 6.07 Å². The molecule has 3 N–H and O–H groups in total. The van der Waals surface area contributed by atoms with Crippen LogP contribution in [0.25, 0.3) is 0 Å². The van der Waals surface area contributed by atoms with E-state index in [4.69, 9.17) is 9.47 Å². The Bertz CT molecular complexity index is 1070. The van der Waals surface area contributed by atoms with E-state index in [0.29, 0.717) is 30.4 Å². The van der Waals surface area contributed by atoms with Gasteiger partial charge >= 0.3 is 0 Å². The molecule has 2 aromatic carbocycles. The zero-order valence-corrected chi connectivity index (χ0v) is 18.3. The van der Waals surface area contributed by atoms with Crippen LogP contribution in [0.1, 0.15) is 32.4 Å². The molecule has 2 aromatic rings. The molecule has 2 unspecified atom stereocenters. The van der Waals surface area contributed by atoms with Crippen LogP contribution in [-0.4, -0.2) is 39.5 Å². The van der Waals surface area contributed by atoms with E-state index in [9.17, 15) is 18.0 Å². The molecule has 10 heteroatoms. The Hall–Kier alpha value is -3.11. The molecule has 9 nitrogen and oxygen atoms in total. The van der Waals surface area contributed by atoms with Crippen molar-refractivity contribution in [2.24, 2.45) is 0 Å². The number of ether oxygens (including phenoxy) is 2. The highest BCUT2D eigenvalue weighted by Crippen LogP contribution is 2.32. The van der Waals surface area contributed by atoms with Crippen molar-refractivity contribution >= 4 is 27.5 Å². The van der Waals surface area contributed by atoms with Crippen LogP contribution in [-0.2, 0) is 19.6 Å². The smallest absolute Gasteiger partial charge is 0.241 e. The molecular weight excluding hydrogens is 422 g/mol. The van der Waals surface area contributed by atoms with Crippen molar-refractivity contribution in [3.05, 3.63) is 48.0 Å². The van der Waals surface area contributed by atoms with Crippen LogP contribution in [0.3, 0.4) is 0 Å². The second-order valence-electron chi connectivity index (χ2n) is 7.18. The lowest BCUT2D eigenvalue weighted by Gasteiger charge is -2.22. The predicted molar refractivity (Wildman–Crippen MR) is 115 cm³/mol. The van der Waals surface area contributed by atoms with Crippen LogP contribution in [0.2, 0.25) is 0 Å². The standard InChI is InChI=1S/C21H25N3O6S/c1-13(16-4-9-19-20(12-16)30-11-10-29-19)22-21(26)14(2)24-31(27,28)18-7-5-17(6-8-18)23-15(3)25/h4-9,12-14,24H,10-11H2,1-3H3,(H,22,26)(H,23,25). The first-order chi connectivity index (χ1) is 14.7. The van der Waals surface area contributed by atoms with Gasteiger partial charge in [-0.15, -0.1) is 0 Å². The first kappa shape index (κ1) is 22.6. The minimum absolute atomic E-state index is 0.0128. The first-order valence-corrected chi connectivity index (χ1v) is 11.2. The quantitative estimate of drug-likeness (QED) is 0.596. The largest absolute Gasteiger partial charge is 0.486 e. The van der Waals surface area contributed by atoms with Crippen molar-refractivity contribution in [3.8, 4) is 11.5 Å². The lowest BCUT2D eigenvalue weighted by atomic mass is 10.1. The normalized spacial score (nSPS) is 14.9. The number of carbonyl (C=O) groups excluding carboxylic acids is 2. The molecule has 3 rings (SSSR count). The first-order valence-electron chi connectivity index (χ1n) is 9.75. The Morgan fingerprint density at radius 3 is 2.26 bits per heavy atom.